The van der Waals surface area contributed by atoms with Crippen LogP contribution in [0.3, 0.4) is 0 Å². The summed E-state index contributed by atoms with van der Waals surface area (Å²) in [7, 11) is 1.80. The van der Waals surface area contributed by atoms with E-state index in [-0.39, 0.29) is 35.6 Å². The molecule has 21 heavy (non-hydrogen) atoms. The van der Waals surface area contributed by atoms with E-state index < -0.39 is 0 Å². The molecule has 1 aromatic carbocycles. The van der Waals surface area contributed by atoms with E-state index in [0.29, 0.717) is 12.1 Å². The monoisotopic (exact) mass is 291 g/mol. The lowest BCUT2D eigenvalue weighted by molar-refractivity contribution is -0.132. The fourth-order valence-corrected chi connectivity index (χ4v) is 3.54. The number of hydrogen-bond acceptors (Lipinski definition) is 2. The molecule has 0 radical (unpaired) electrons. The highest BCUT2D eigenvalue weighted by Gasteiger charge is 2.46. The van der Waals surface area contributed by atoms with Gasteiger partial charge < -0.3 is 10.0 Å². The summed E-state index contributed by atoms with van der Waals surface area (Å²) < 4.78 is 13.7. The number of hydrogen-bond donors (Lipinski definition) is 1. The van der Waals surface area contributed by atoms with E-state index in [0.717, 1.165) is 25.7 Å². The first-order valence-corrected chi connectivity index (χ1v) is 7.75. The topological polar surface area (TPSA) is 40.5 Å². The minimum atomic E-state index is -0.276. The van der Waals surface area contributed by atoms with Crippen molar-refractivity contribution in [3.05, 3.63) is 35.6 Å². The molecular weight excluding hydrogens is 269 g/mol. The number of amides is 1. The molecule has 4 heteroatoms. The second-order valence-corrected chi connectivity index (χ2v) is 6.45. The van der Waals surface area contributed by atoms with Crippen LogP contribution in [0.4, 0.5) is 4.39 Å². The molecule has 2 saturated carbocycles. The van der Waals surface area contributed by atoms with E-state index in [4.69, 9.17) is 0 Å². The van der Waals surface area contributed by atoms with Crippen LogP contribution in [0.25, 0.3) is 0 Å². The van der Waals surface area contributed by atoms with Gasteiger partial charge in [0.05, 0.1) is 6.10 Å². The average Bonchev–Trinajstić information content (AvgIpc) is 3.16. The largest absolute Gasteiger partial charge is 0.393 e. The van der Waals surface area contributed by atoms with Crippen molar-refractivity contribution in [2.24, 2.45) is 11.8 Å². The van der Waals surface area contributed by atoms with E-state index in [2.05, 4.69) is 0 Å². The minimum absolute atomic E-state index is 0.0228. The molecule has 0 saturated heterocycles. The number of aliphatic hydroxyl groups is 1. The summed E-state index contributed by atoms with van der Waals surface area (Å²) in [5.41, 5.74) is 0.658. The maximum atomic E-state index is 13.7. The second-order valence-electron chi connectivity index (χ2n) is 6.45. The summed E-state index contributed by atoms with van der Waals surface area (Å²) >= 11 is 0. The van der Waals surface area contributed by atoms with Gasteiger partial charge in [-0.3, -0.25) is 4.79 Å². The van der Waals surface area contributed by atoms with Gasteiger partial charge in [-0.25, -0.2) is 4.39 Å². The number of aliphatic hydroxyl groups excluding tert-OH is 1. The van der Waals surface area contributed by atoms with Gasteiger partial charge in [-0.15, -0.1) is 0 Å². The van der Waals surface area contributed by atoms with Crippen LogP contribution in [0.5, 0.6) is 0 Å². The van der Waals surface area contributed by atoms with Crippen molar-refractivity contribution in [3.8, 4) is 0 Å². The van der Waals surface area contributed by atoms with Gasteiger partial charge in [0.1, 0.15) is 5.82 Å². The molecule has 4 atom stereocenters. The van der Waals surface area contributed by atoms with E-state index in [1.165, 1.54) is 6.07 Å². The maximum Gasteiger partial charge on any atom is 0.226 e. The quantitative estimate of drug-likeness (QED) is 0.926. The van der Waals surface area contributed by atoms with Crippen LogP contribution in [0, 0.1) is 17.7 Å². The lowest BCUT2D eigenvalue weighted by Gasteiger charge is -2.23. The molecule has 3 nitrogen and oxygen atoms in total. The maximum absolute atomic E-state index is 13.7. The zero-order valence-corrected chi connectivity index (χ0v) is 12.3. The lowest BCUT2D eigenvalue weighted by atomic mass is 10.0. The SMILES string of the molecule is CN(CC1CCCC1O)C(=O)C1CC1c1ccccc1F. The summed E-state index contributed by atoms with van der Waals surface area (Å²) in [6.07, 6.45) is 3.32. The summed E-state index contributed by atoms with van der Waals surface area (Å²) in [5, 5.41) is 9.85. The van der Waals surface area contributed by atoms with Crippen molar-refractivity contribution in [2.75, 3.05) is 13.6 Å². The van der Waals surface area contributed by atoms with Gasteiger partial charge >= 0.3 is 0 Å². The first kappa shape index (κ1) is 14.5. The van der Waals surface area contributed by atoms with Crippen molar-refractivity contribution < 1.29 is 14.3 Å². The highest BCUT2D eigenvalue weighted by molar-refractivity contribution is 5.82. The van der Waals surface area contributed by atoms with Gasteiger partial charge in [0.25, 0.3) is 0 Å². The molecule has 1 N–H and O–H groups in total. The molecule has 3 rings (SSSR count). The minimum Gasteiger partial charge on any atom is -0.393 e. The molecule has 0 aromatic heterocycles. The highest BCUT2D eigenvalue weighted by atomic mass is 19.1. The first-order valence-electron chi connectivity index (χ1n) is 7.75. The Bertz CT molecular complexity index is 533. The van der Waals surface area contributed by atoms with Crippen molar-refractivity contribution in [1.82, 2.24) is 4.90 Å². The Morgan fingerprint density at radius 3 is 2.81 bits per heavy atom. The molecule has 1 aromatic rings. The third-order valence-electron chi connectivity index (χ3n) is 4.92. The van der Waals surface area contributed by atoms with Crippen LogP contribution in [0.1, 0.15) is 37.2 Å². The fourth-order valence-electron chi connectivity index (χ4n) is 3.54. The Labute approximate surface area is 124 Å². The number of carbonyl (C=O) groups is 1. The third-order valence-corrected chi connectivity index (χ3v) is 4.92. The average molecular weight is 291 g/mol. The van der Waals surface area contributed by atoms with Crippen LogP contribution in [0.15, 0.2) is 24.3 Å². The number of halogens is 1. The molecule has 1 amide bonds. The predicted octanol–water partition coefficient (Wildman–Crippen LogP) is 2.55. The summed E-state index contributed by atoms with van der Waals surface area (Å²) in [6, 6.07) is 6.71. The van der Waals surface area contributed by atoms with Crippen LogP contribution >= 0.6 is 0 Å². The summed E-state index contributed by atoms with van der Waals surface area (Å²) in [6.45, 7) is 0.612. The highest BCUT2D eigenvalue weighted by Crippen LogP contribution is 2.49. The van der Waals surface area contributed by atoms with E-state index >= 15 is 0 Å². The van der Waals surface area contributed by atoms with E-state index in [1.54, 1.807) is 24.1 Å². The summed E-state index contributed by atoms with van der Waals surface area (Å²) in [4.78, 5) is 14.1. The van der Waals surface area contributed by atoms with Gasteiger partial charge in [-0.1, -0.05) is 24.6 Å². The predicted molar refractivity (Wildman–Crippen MR) is 78.2 cm³/mol. The zero-order chi connectivity index (χ0) is 15.0. The van der Waals surface area contributed by atoms with E-state index in [9.17, 15) is 14.3 Å². The van der Waals surface area contributed by atoms with Crippen molar-refractivity contribution in [1.29, 1.82) is 0 Å². The number of carbonyl (C=O) groups excluding carboxylic acids is 1. The number of benzene rings is 1. The fraction of sp³-hybridized carbons (Fsp3) is 0.588. The van der Waals surface area contributed by atoms with Crippen LogP contribution < -0.4 is 0 Å². The van der Waals surface area contributed by atoms with Gasteiger partial charge in [0.2, 0.25) is 5.91 Å². The Kier molecular flexibility index (Phi) is 3.98. The molecule has 0 spiro atoms. The zero-order valence-electron chi connectivity index (χ0n) is 12.3. The van der Waals surface area contributed by atoms with Gasteiger partial charge in [0, 0.05) is 25.4 Å². The van der Waals surface area contributed by atoms with Crippen LogP contribution in [0.2, 0.25) is 0 Å². The smallest absolute Gasteiger partial charge is 0.226 e. The van der Waals surface area contributed by atoms with Crippen molar-refractivity contribution in [2.45, 2.75) is 37.7 Å². The molecule has 4 unspecified atom stereocenters. The van der Waals surface area contributed by atoms with Gasteiger partial charge in [-0.05, 0) is 36.8 Å². The van der Waals surface area contributed by atoms with Crippen LogP contribution in [-0.2, 0) is 4.79 Å². The molecule has 2 aliphatic rings. The van der Waals surface area contributed by atoms with Crippen molar-refractivity contribution in [3.63, 3.8) is 0 Å². The standard InChI is InChI=1S/C17H22FNO2/c1-19(10-11-5-4-8-16(11)20)17(21)14-9-13(14)12-6-2-3-7-15(12)18/h2-3,6-7,11,13-14,16,20H,4-5,8-10H2,1H3. The summed E-state index contributed by atoms with van der Waals surface area (Å²) in [5.74, 6) is -0.00118. The van der Waals surface area contributed by atoms with Crippen molar-refractivity contribution >= 4 is 5.91 Å². The van der Waals surface area contributed by atoms with Gasteiger partial charge in [-0.2, -0.15) is 0 Å². The molecule has 2 fully saturated rings. The molecular formula is C17H22FNO2. The molecule has 0 heterocycles. The second kappa shape index (κ2) is 5.76. The third kappa shape index (κ3) is 2.95. The number of rotatable bonds is 4. The Balaban J connectivity index is 1.58. The molecule has 0 bridgehead atoms. The lowest BCUT2D eigenvalue weighted by Crippen LogP contribution is -2.35. The van der Waals surface area contributed by atoms with Crippen LogP contribution in [-0.4, -0.2) is 35.6 Å². The van der Waals surface area contributed by atoms with Gasteiger partial charge in [0.15, 0.2) is 0 Å². The Morgan fingerprint density at radius 1 is 1.38 bits per heavy atom. The Hall–Kier alpha value is -1.42. The molecule has 114 valence electrons. The van der Waals surface area contributed by atoms with E-state index in [1.807, 2.05) is 6.07 Å². The number of nitrogens with zero attached hydrogens (tertiary/aromatic N) is 1. The first-order chi connectivity index (χ1) is 10.1. The molecule has 0 aliphatic heterocycles. The normalized spacial score (nSPS) is 31.2. The Morgan fingerprint density at radius 2 is 2.14 bits per heavy atom. The molecule has 2 aliphatic carbocycles.